The van der Waals surface area contributed by atoms with Gasteiger partial charge in [0.25, 0.3) is 0 Å². The summed E-state index contributed by atoms with van der Waals surface area (Å²) in [5.74, 6) is 4.53. The van der Waals surface area contributed by atoms with Crippen LogP contribution in [0.5, 0.6) is 0 Å². The van der Waals surface area contributed by atoms with E-state index >= 15 is 0 Å². The second-order valence-corrected chi connectivity index (χ2v) is 2.59. The van der Waals surface area contributed by atoms with Crippen LogP contribution >= 0.6 is 0 Å². The highest BCUT2D eigenvalue weighted by Gasteiger charge is 2.23. The highest BCUT2D eigenvalue weighted by Crippen LogP contribution is 2.12. The van der Waals surface area contributed by atoms with E-state index in [1.807, 2.05) is 6.92 Å². The Morgan fingerprint density at radius 2 is 2.10 bits per heavy atom. The van der Waals surface area contributed by atoms with Crippen LogP contribution in [0.3, 0.4) is 0 Å². The number of hydrogen-bond acceptors (Lipinski definition) is 1. The lowest BCUT2D eigenvalue weighted by molar-refractivity contribution is -0.143. The van der Waals surface area contributed by atoms with E-state index < -0.39 is 11.4 Å². The second kappa shape index (κ2) is 3.26. The van der Waals surface area contributed by atoms with Gasteiger partial charge in [0.15, 0.2) is 0 Å². The molecule has 10 heavy (non-hydrogen) atoms. The van der Waals surface area contributed by atoms with Crippen LogP contribution in [0.25, 0.3) is 0 Å². The van der Waals surface area contributed by atoms with Gasteiger partial charge in [0.2, 0.25) is 0 Å². The molecule has 0 saturated carbocycles. The third-order valence-corrected chi connectivity index (χ3v) is 1.11. The quantitative estimate of drug-likeness (QED) is 0.560. The average Bonchev–Trinajstić information content (AvgIpc) is 1.84. The normalized spacial score (nSPS) is 9.90. The zero-order chi connectivity index (χ0) is 8.20. The lowest BCUT2D eigenvalue weighted by Gasteiger charge is -2.08. The fraction of sp³-hybridized carbons (Fsp3) is 0.625. The van der Waals surface area contributed by atoms with Crippen LogP contribution in [0, 0.1) is 17.3 Å². The summed E-state index contributed by atoms with van der Waals surface area (Å²) in [7, 11) is 0. The fourth-order valence-electron chi connectivity index (χ4n) is 0.363. The summed E-state index contributed by atoms with van der Waals surface area (Å²) < 4.78 is 0. The molecule has 1 N–H and O–H groups in total. The standard InChI is InChI=1S/C8H12O2/c1-4-5-6-8(2,3)7(9)10/h4H2,1-3H3,(H,9,10). The molecule has 0 aliphatic carbocycles. The molecule has 0 fully saturated rings. The Balaban J connectivity index is 4.26. The lowest BCUT2D eigenvalue weighted by Crippen LogP contribution is -2.21. The first-order chi connectivity index (χ1) is 4.50. The summed E-state index contributed by atoms with van der Waals surface area (Å²) in [4.78, 5) is 10.4. The molecule has 0 aromatic rings. The summed E-state index contributed by atoms with van der Waals surface area (Å²) in [6, 6.07) is 0. The Kier molecular flexibility index (Phi) is 2.95. The van der Waals surface area contributed by atoms with Gasteiger partial charge in [-0.25, -0.2) is 0 Å². The lowest BCUT2D eigenvalue weighted by atomic mass is 9.95. The van der Waals surface area contributed by atoms with Crippen molar-refractivity contribution in [2.24, 2.45) is 5.41 Å². The molecule has 0 bridgehead atoms. The molecule has 0 aliphatic rings. The van der Waals surface area contributed by atoms with Crippen molar-refractivity contribution in [3.8, 4) is 11.8 Å². The topological polar surface area (TPSA) is 37.3 Å². The summed E-state index contributed by atoms with van der Waals surface area (Å²) in [6.07, 6.45) is 0.705. The van der Waals surface area contributed by atoms with Gasteiger partial charge in [-0.3, -0.25) is 4.79 Å². The van der Waals surface area contributed by atoms with Gasteiger partial charge in [-0.2, -0.15) is 0 Å². The molecule has 0 heterocycles. The molecule has 0 radical (unpaired) electrons. The van der Waals surface area contributed by atoms with Crippen molar-refractivity contribution < 1.29 is 9.90 Å². The zero-order valence-corrected chi connectivity index (χ0v) is 6.56. The molecule has 0 spiro atoms. The van der Waals surface area contributed by atoms with Crippen LogP contribution in [-0.4, -0.2) is 11.1 Å². The fourth-order valence-corrected chi connectivity index (χ4v) is 0.363. The van der Waals surface area contributed by atoms with Crippen molar-refractivity contribution in [2.75, 3.05) is 0 Å². The monoisotopic (exact) mass is 140 g/mol. The molecule has 0 aromatic heterocycles. The molecule has 0 aromatic carbocycles. The molecule has 2 heteroatoms. The van der Waals surface area contributed by atoms with Gasteiger partial charge in [-0.1, -0.05) is 12.8 Å². The highest BCUT2D eigenvalue weighted by atomic mass is 16.4. The maximum Gasteiger partial charge on any atom is 0.321 e. The summed E-state index contributed by atoms with van der Waals surface area (Å²) in [5, 5.41) is 8.57. The molecule has 56 valence electrons. The number of carboxylic acid groups (broad SMARTS) is 1. The van der Waals surface area contributed by atoms with Crippen LogP contribution in [0.15, 0.2) is 0 Å². The molecule has 0 amide bonds. The smallest absolute Gasteiger partial charge is 0.321 e. The molecule has 2 nitrogen and oxygen atoms in total. The second-order valence-electron chi connectivity index (χ2n) is 2.59. The Morgan fingerprint density at radius 1 is 1.60 bits per heavy atom. The minimum Gasteiger partial charge on any atom is -0.480 e. The van der Waals surface area contributed by atoms with Crippen molar-refractivity contribution in [1.82, 2.24) is 0 Å². The molecular formula is C8H12O2. The number of rotatable bonds is 1. The van der Waals surface area contributed by atoms with Crippen LogP contribution in [0.2, 0.25) is 0 Å². The number of aliphatic carboxylic acids is 1. The Bertz CT molecular complexity index is 181. The summed E-state index contributed by atoms with van der Waals surface area (Å²) in [5.41, 5.74) is -0.893. The van der Waals surface area contributed by atoms with E-state index in [4.69, 9.17) is 5.11 Å². The minimum atomic E-state index is -0.893. The van der Waals surface area contributed by atoms with E-state index in [1.54, 1.807) is 13.8 Å². The van der Waals surface area contributed by atoms with E-state index in [-0.39, 0.29) is 0 Å². The molecule has 0 saturated heterocycles. The predicted octanol–water partition coefficient (Wildman–Crippen LogP) is 1.51. The van der Waals surface area contributed by atoms with Gasteiger partial charge in [0, 0.05) is 6.42 Å². The first-order valence-electron chi connectivity index (χ1n) is 3.24. The van der Waals surface area contributed by atoms with Gasteiger partial charge in [-0.05, 0) is 13.8 Å². The van der Waals surface area contributed by atoms with Crippen LogP contribution in [-0.2, 0) is 4.79 Å². The van der Waals surface area contributed by atoms with E-state index in [9.17, 15) is 4.79 Å². The van der Waals surface area contributed by atoms with Crippen molar-refractivity contribution >= 4 is 5.97 Å². The largest absolute Gasteiger partial charge is 0.480 e. The van der Waals surface area contributed by atoms with Gasteiger partial charge >= 0.3 is 5.97 Å². The van der Waals surface area contributed by atoms with Gasteiger partial charge < -0.3 is 5.11 Å². The summed E-state index contributed by atoms with van der Waals surface area (Å²) in [6.45, 7) is 5.08. The maximum atomic E-state index is 10.4. The average molecular weight is 140 g/mol. The number of carboxylic acids is 1. The van der Waals surface area contributed by atoms with Gasteiger partial charge in [-0.15, -0.1) is 5.92 Å². The van der Waals surface area contributed by atoms with Crippen LogP contribution in [0.1, 0.15) is 27.2 Å². The molecule has 0 atom stereocenters. The predicted molar refractivity (Wildman–Crippen MR) is 39.5 cm³/mol. The zero-order valence-electron chi connectivity index (χ0n) is 6.56. The Hall–Kier alpha value is -0.970. The van der Waals surface area contributed by atoms with E-state index in [2.05, 4.69) is 11.8 Å². The van der Waals surface area contributed by atoms with Gasteiger partial charge in [0.05, 0.1) is 0 Å². The molecular weight excluding hydrogens is 128 g/mol. The third-order valence-electron chi connectivity index (χ3n) is 1.11. The van der Waals surface area contributed by atoms with Crippen molar-refractivity contribution in [2.45, 2.75) is 27.2 Å². The highest BCUT2D eigenvalue weighted by molar-refractivity contribution is 5.77. The van der Waals surface area contributed by atoms with Crippen molar-refractivity contribution in [1.29, 1.82) is 0 Å². The minimum absolute atomic E-state index is 0.705. The molecule has 0 aliphatic heterocycles. The summed E-state index contributed by atoms with van der Waals surface area (Å²) >= 11 is 0. The molecule has 0 unspecified atom stereocenters. The first-order valence-corrected chi connectivity index (χ1v) is 3.24. The number of hydrogen-bond donors (Lipinski definition) is 1. The van der Waals surface area contributed by atoms with E-state index in [1.165, 1.54) is 0 Å². The third kappa shape index (κ3) is 2.54. The SMILES string of the molecule is CCC#CC(C)(C)C(=O)O. The van der Waals surface area contributed by atoms with Crippen LogP contribution in [0.4, 0.5) is 0 Å². The van der Waals surface area contributed by atoms with Gasteiger partial charge in [0.1, 0.15) is 5.41 Å². The van der Waals surface area contributed by atoms with E-state index in [0.29, 0.717) is 6.42 Å². The van der Waals surface area contributed by atoms with Crippen LogP contribution < -0.4 is 0 Å². The Labute approximate surface area is 61.2 Å². The number of carbonyl (C=O) groups is 1. The Morgan fingerprint density at radius 3 is 2.40 bits per heavy atom. The molecule has 0 rings (SSSR count). The first kappa shape index (κ1) is 9.03. The van der Waals surface area contributed by atoms with Crippen molar-refractivity contribution in [3.05, 3.63) is 0 Å². The van der Waals surface area contributed by atoms with E-state index in [0.717, 1.165) is 0 Å². The maximum absolute atomic E-state index is 10.4. The van der Waals surface area contributed by atoms with Crippen molar-refractivity contribution in [3.63, 3.8) is 0 Å².